The van der Waals surface area contributed by atoms with Crippen LogP contribution in [0.1, 0.15) is 32.6 Å². The fourth-order valence-electron chi connectivity index (χ4n) is 1.23. The van der Waals surface area contributed by atoms with Crippen LogP contribution in [-0.2, 0) is 18.4 Å². The van der Waals surface area contributed by atoms with Gasteiger partial charge in [-0.25, -0.2) is 4.39 Å². The molecule has 0 radical (unpaired) electrons. The van der Waals surface area contributed by atoms with Gasteiger partial charge in [0.2, 0.25) is 0 Å². The van der Waals surface area contributed by atoms with Crippen molar-refractivity contribution in [1.29, 1.82) is 0 Å². The Bertz CT molecular complexity index is 249. The number of hydrogen-bond acceptors (Lipinski definition) is 4. The van der Waals surface area contributed by atoms with Gasteiger partial charge in [-0.1, -0.05) is 26.2 Å². The lowest BCUT2D eigenvalue weighted by Crippen LogP contribution is -2.20. The first-order chi connectivity index (χ1) is 7.49. The largest absolute Gasteiger partial charge is 0.337 e. The Morgan fingerprint density at radius 3 is 2.31 bits per heavy atom. The quantitative estimate of drug-likeness (QED) is 0.469. The molecule has 1 unspecified atom stereocenters. The monoisotopic (exact) mass is 254 g/mol. The van der Waals surface area contributed by atoms with Crippen molar-refractivity contribution in [3.63, 3.8) is 0 Å². The predicted molar refractivity (Wildman–Crippen MR) is 60.5 cm³/mol. The summed E-state index contributed by atoms with van der Waals surface area (Å²) in [6.07, 6.45) is 0.640. The van der Waals surface area contributed by atoms with Gasteiger partial charge in [-0.2, -0.15) is 0 Å². The standard InChI is InChI=1S/C10H20FO4P/c1-4-5-6-7-9(11)10(12)8-16(13,14-2)15-3/h9H,4-8H2,1-3H3. The summed E-state index contributed by atoms with van der Waals surface area (Å²) in [6.45, 7) is 2.00. The molecule has 0 aromatic heterocycles. The lowest BCUT2D eigenvalue weighted by atomic mass is 10.1. The molecule has 0 saturated heterocycles. The highest BCUT2D eigenvalue weighted by atomic mass is 31.2. The summed E-state index contributed by atoms with van der Waals surface area (Å²) in [5.74, 6) is -0.705. The molecule has 0 heterocycles. The van der Waals surface area contributed by atoms with E-state index in [0.29, 0.717) is 6.42 Å². The minimum Gasteiger partial charge on any atom is -0.312 e. The second kappa shape index (κ2) is 7.93. The fourth-order valence-corrected chi connectivity index (χ4v) is 2.22. The summed E-state index contributed by atoms with van der Waals surface area (Å²) >= 11 is 0. The first-order valence-electron chi connectivity index (χ1n) is 5.36. The number of carbonyl (C=O) groups excluding carboxylic acids is 1. The number of halogens is 1. The van der Waals surface area contributed by atoms with Crippen LogP contribution >= 0.6 is 7.60 Å². The van der Waals surface area contributed by atoms with Crippen molar-refractivity contribution in [2.75, 3.05) is 20.4 Å². The molecule has 0 amide bonds. The fraction of sp³-hybridized carbons (Fsp3) is 0.900. The highest BCUT2D eigenvalue weighted by Gasteiger charge is 2.29. The number of alkyl halides is 1. The van der Waals surface area contributed by atoms with E-state index in [2.05, 4.69) is 9.05 Å². The van der Waals surface area contributed by atoms with Crippen LogP contribution in [0.3, 0.4) is 0 Å². The van der Waals surface area contributed by atoms with Crippen molar-refractivity contribution in [3.8, 4) is 0 Å². The Morgan fingerprint density at radius 1 is 1.31 bits per heavy atom. The van der Waals surface area contributed by atoms with Gasteiger partial charge < -0.3 is 9.05 Å². The van der Waals surface area contributed by atoms with Crippen LogP contribution in [0.5, 0.6) is 0 Å². The number of ketones is 1. The van der Waals surface area contributed by atoms with E-state index in [1.807, 2.05) is 6.92 Å². The average molecular weight is 254 g/mol. The van der Waals surface area contributed by atoms with Crippen molar-refractivity contribution in [2.45, 2.75) is 38.8 Å². The van der Waals surface area contributed by atoms with Crippen LogP contribution in [-0.4, -0.2) is 32.3 Å². The molecular formula is C10H20FO4P. The van der Waals surface area contributed by atoms with E-state index < -0.39 is 25.7 Å². The van der Waals surface area contributed by atoms with Crippen LogP contribution in [0.15, 0.2) is 0 Å². The Morgan fingerprint density at radius 2 is 1.88 bits per heavy atom. The van der Waals surface area contributed by atoms with Crippen LogP contribution in [0.25, 0.3) is 0 Å². The molecule has 0 aliphatic heterocycles. The van der Waals surface area contributed by atoms with Gasteiger partial charge in [-0.05, 0) is 6.42 Å². The molecule has 0 aliphatic carbocycles. The van der Waals surface area contributed by atoms with Crippen molar-refractivity contribution in [3.05, 3.63) is 0 Å². The molecule has 96 valence electrons. The van der Waals surface area contributed by atoms with Gasteiger partial charge in [0.25, 0.3) is 0 Å². The van der Waals surface area contributed by atoms with E-state index in [9.17, 15) is 13.8 Å². The second-order valence-corrected chi connectivity index (χ2v) is 5.83. The SMILES string of the molecule is CCCCCC(F)C(=O)CP(=O)(OC)OC. The zero-order valence-corrected chi connectivity index (χ0v) is 11.0. The van der Waals surface area contributed by atoms with Gasteiger partial charge in [0.05, 0.1) is 0 Å². The Labute approximate surface area is 96.0 Å². The third kappa shape index (κ3) is 5.73. The molecule has 1 atom stereocenters. The predicted octanol–water partition coefficient (Wildman–Crippen LogP) is 2.96. The minimum atomic E-state index is -3.42. The first-order valence-corrected chi connectivity index (χ1v) is 7.09. The smallest absolute Gasteiger partial charge is 0.312 e. The highest BCUT2D eigenvalue weighted by molar-refractivity contribution is 7.54. The minimum absolute atomic E-state index is 0.181. The maximum absolute atomic E-state index is 13.3. The van der Waals surface area contributed by atoms with Crippen molar-refractivity contribution in [2.24, 2.45) is 0 Å². The van der Waals surface area contributed by atoms with Crippen LogP contribution in [0.2, 0.25) is 0 Å². The normalized spacial score (nSPS) is 13.8. The molecular weight excluding hydrogens is 234 g/mol. The Kier molecular flexibility index (Phi) is 7.81. The van der Waals surface area contributed by atoms with Gasteiger partial charge in [0, 0.05) is 14.2 Å². The number of Topliss-reactive ketones (excluding diaryl/α,β-unsaturated/α-hetero) is 1. The second-order valence-electron chi connectivity index (χ2n) is 3.56. The molecule has 0 saturated carbocycles. The van der Waals surface area contributed by atoms with E-state index in [0.717, 1.165) is 12.8 Å². The molecule has 6 heteroatoms. The molecule has 0 rings (SSSR count). The number of carbonyl (C=O) groups is 1. The molecule has 0 aromatic rings. The molecule has 0 fully saturated rings. The molecule has 0 N–H and O–H groups in total. The number of unbranched alkanes of at least 4 members (excludes halogenated alkanes) is 2. The van der Waals surface area contributed by atoms with E-state index >= 15 is 0 Å². The topological polar surface area (TPSA) is 52.6 Å². The summed E-state index contributed by atoms with van der Waals surface area (Å²) in [5, 5.41) is 0. The van der Waals surface area contributed by atoms with E-state index in [1.54, 1.807) is 0 Å². The molecule has 16 heavy (non-hydrogen) atoms. The van der Waals surface area contributed by atoms with Crippen molar-refractivity contribution < 1.29 is 22.8 Å². The number of hydrogen-bond donors (Lipinski definition) is 0. The average Bonchev–Trinajstić information content (AvgIpc) is 2.29. The van der Waals surface area contributed by atoms with Crippen LogP contribution in [0, 0.1) is 0 Å². The first kappa shape index (κ1) is 15.8. The zero-order chi connectivity index (χ0) is 12.6. The van der Waals surface area contributed by atoms with Crippen LogP contribution < -0.4 is 0 Å². The lowest BCUT2D eigenvalue weighted by Gasteiger charge is -2.14. The summed E-state index contributed by atoms with van der Waals surface area (Å²) in [4.78, 5) is 11.4. The van der Waals surface area contributed by atoms with E-state index in [4.69, 9.17) is 0 Å². The third-order valence-electron chi connectivity index (χ3n) is 2.32. The maximum atomic E-state index is 13.3. The maximum Gasteiger partial charge on any atom is 0.337 e. The molecule has 0 spiro atoms. The van der Waals surface area contributed by atoms with Gasteiger partial charge in [-0.15, -0.1) is 0 Å². The summed E-state index contributed by atoms with van der Waals surface area (Å²) in [6, 6.07) is 0. The summed E-state index contributed by atoms with van der Waals surface area (Å²) < 4.78 is 34.1. The highest BCUT2D eigenvalue weighted by Crippen LogP contribution is 2.46. The van der Waals surface area contributed by atoms with E-state index in [1.165, 1.54) is 14.2 Å². The van der Waals surface area contributed by atoms with Gasteiger partial charge >= 0.3 is 7.60 Å². The zero-order valence-electron chi connectivity index (χ0n) is 10.1. The van der Waals surface area contributed by atoms with Crippen molar-refractivity contribution >= 4 is 13.4 Å². The Hall–Kier alpha value is -0.250. The lowest BCUT2D eigenvalue weighted by molar-refractivity contribution is -0.121. The summed E-state index contributed by atoms with van der Waals surface area (Å²) in [7, 11) is -1.05. The molecule has 4 nitrogen and oxygen atoms in total. The van der Waals surface area contributed by atoms with Gasteiger partial charge in [0.15, 0.2) is 12.0 Å². The Balaban J connectivity index is 4.09. The van der Waals surface area contributed by atoms with Crippen LogP contribution in [0.4, 0.5) is 4.39 Å². The summed E-state index contributed by atoms with van der Waals surface area (Å²) in [5.41, 5.74) is 0. The molecule has 0 aromatic carbocycles. The third-order valence-corrected chi connectivity index (χ3v) is 4.13. The van der Waals surface area contributed by atoms with Gasteiger partial charge in [0.1, 0.15) is 6.16 Å². The number of rotatable bonds is 9. The van der Waals surface area contributed by atoms with Crippen molar-refractivity contribution in [1.82, 2.24) is 0 Å². The molecule has 0 aliphatic rings. The van der Waals surface area contributed by atoms with E-state index in [-0.39, 0.29) is 6.42 Å². The molecule has 0 bridgehead atoms. The van der Waals surface area contributed by atoms with Gasteiger partial charge in [-0.3, -0.25) is 9.36 Å².